The summed E-state index contributed by atoms with van der Waals surface area (Å²) in [6.45, 7) is 0.307. The standard InChI is InChI=1S/C16H13N3OS/c20-19(11-13-7-3-1-4-8-13)12-15-17-16(18-21-15)14-9-5-2-6-10-14/h1-10,12H,11H2/b19-12-. The van der Waals surface area contributed by atoms with Crippen molar-refractivity contribution in [2.24, 2.45) is 0 Å². The fourth-order valence-electron chi connectivity index (χ4n) is 1.92. The molecule has 3 rings (SSSR count). The Bertz CT molecular complexity index is 738. The first-order valence-corrected chi connectivity index (χ1v) is 7.30. The topological polar surface area (TPSA) is 51.9 Å². The van der Waals surface area contributed by atoms with E-state index in [-0.39, 0.29) is 0 Å². The van der Waals surface area contributed by atoms with Crippen LogP contribution in [0.3, 0.4) is 0 Å². The van der Waals surface area contributed by atoms with E-state index in [1.165, 1.54) is 17.7 Å². The van der Waals surface area contributed by atoms with Crippen molar-refractivity contribution in [3.05, 3.63) is 76.4 Å². The van der Waals surface area contributed by atoms with Crippen LogP contribution in [0.25, 0.3) is 11.4 Å². The lowest BCUT2D eigenvalue weighted by Gasteiger charge is -2.02. The highest BCUT2D eigenvalue weighted by molar-refractivity contribution is 7.07. The Kier molecular flexibility index (Phi) is 4.02. The molecule has 0 radical (unpaired) electrons. The van der Waals surface area contributed by atoms with Crippen molar-refractivity contribution in [3.8, 4) is 11.4 Å². The zero-order valence-corrected chi connectivity index (χ0v) is 12.0. The van der Waals surface area contributed by atoms with Crippen LogP contribution in [-0.4, -0.2) is 20.3 Å². The molecule has 1 heterocycles. The van der Waals surface area contributed by atoms with Crippen molar-refractivity contribution >= 4 is 17.7 Å². The van der Waals surface area contributed by atoms with E-state index in [4.69, 9.17) is 0 Å². The Morgan fingerprint density at radius 3 is 2.38 bits per heavy atom. The van der Waals surface area contributed by atoms with Gasteiger partial charge < -0.3 is 5.21 Å². The minimum Gasteiger partial charge on any atom is -0.623 e. The normalized spacial score (nSPS) is 11.5. The molecule has 0 aliphatic heterocycles. The van der Waals surface area contributed by atoms with Gasteiger partial charge in [-0.25, -0.2) is 9.72 Å². The van der Waals surface area contributed by atoms with Crippen molar-refractivity contribution < 1.29 is 4.74 Å². The molecule has 0 spiro atoms. The van der Waals surface area contributed by atoms with Crippen LogP contribution in [0.2, 0.25) is 0 Å². The largest absolute Gasteiger partial charge is 0.623 e. The van der Waals surface area contributed by atoms with Gasteiger partial charge in [0.05, 0.1) is 0 Å². The third-order valence-corrected chi connectivity index (χ3v) is 3.56. The minimum absolute atomic E-state index is 0.307. The van der Waals surface area contributed by atoms with Gasteiger partial charge in [-0.05, 0) is 11.5 Å². The maximum atomic E-state index is 11.9. The van der Waals surface area contributed by atoms with E-state index in [1.807, 2.05) is 60.7 Å². The maximum Gasteiger partial charge on any atom is 0.212 e. The van der Waals surface area contributed by atoms with Crippen LogP contribution in [0.15, 0.2) is 60.7 Å². The Labute approximate surface area is 126 Å². The average molecular weight is 295 g/mol. The Balaban J connectivity index is 1.76. The molecule has 0 atom stereocenters. The predicted molar refractivity (Wildman–Crippen MR) is 84.3 cm³/mol. The first kappa shape index (κ1) is 13.5. The summed E-state index contributed by atoms with van der Waals surface area (Å²) in [5.41, 5.74) is 1.92. The fraction of sp³-hybridized carbons (Fsp3) is 0.0625. The summed E-state index contributed by atoms with van der Waals surface area (Å²) in [5.74, 6) is 0.653. The molecular weight excluding hydrogens is 282 g/mol. The van der Waals surface area contributed by atoms with Crippen LogP contribution in [0, 0.1) is 5.21 Å². The Morgan fingerprint density at radius 2 is 1.67 bits per heavy atom. The van der Waals surface area contributed by atoms with E-state index in [0.29, 0.717) is 17.4 Å². The third kappa shape index (κ3) is 3.52. The molecule has 0 saturated carbocycles. The van der Waals surface area contributed by atoms with E-state index >= 15 is 0 Å². The zero-order valence-electron chi connectivity index (χ0n) is 11.2. The van der Waals surface area contributed by atoms with Crippen molar-refractivity contribution in [2.75, 3.05) is 0 Å². The molecule has 0 bridgehead atoms. The monoisotopic (exact) mass is 295 g/mol. The van der Waals surface area contributed by atoms with Crippen molar-refractivity contribution in [1.82, 2.24) is 9.36 Å². The zero-order chi connectivity index (χ0) is 14.5. The molecule has 4 nitrogen and oxygen atoms in total. The quantitative estimate of drug-likeness (QED) is 0.321. The summed E-state index contributed by atoms with van der Waals surface area (Å²) in [6.07, 6.45) is 1.48. The maximum absolute atomic E-state index is 11.9. The molecule has 3 aromatic rings. The van der Waals surface area contributed by atoms with Crippen molar-refractivity contribution in [2.45, 2.75) is 6.54 Å². The molecule has 0 amide bonds. The second kappa shape index (κ2) is 6.28. The fourth-order valence-corrected chi connectivity index (χ4v) is 2.54. The molecule has 0 aliphatic rings. The number of hydroxylamine groups is 1. The first-order valence-electron chi connectivity index (χ1n) is 6.53. The Morgan fingerprint density at radius 1 is 1.00 bits per heavy atom. The lowest BCUT2D eigenvalue weighted by Crippen LogP contribution is -2.05. The van der Waals surface area contributed by atoms with Gasteiger partial charge >= 0.3 is 0 Å². The number of hydrogen-bond donors (Lipinski definition) is 0. The van der Waals surface area contributed by atoms with E-state index in [2.05, 4.69) is 9.36 Å². The second-order valence-electron chi connectivity index (χ2n) is 4.51. The first-order chi connectivity index (χ1) is 10.3. The lowest BCUT2D eigenvalue weighted by atomic mass is 10.2. The summed E-state index contributed by atoms with van der Waals surface area (Å²) >= 11 is 1.22. The summed E-state index contributed by atoms with van der Waals surface area (Å²) in [4.78, 5) is 4.37. The Hall–Kier alpha value is -2.53. The summed E-state index contributed by atoms with van der Waals surface area (Å²) in [5, 5.41) is 12.5. The van der Waals surface area contributed by atoms with Gasteiger partial charge in [-0.2, -0.15) is 4.37 Å². The molecule has 0 saturated heterocycles. The lowest BCUT2D eigenvalue weighted by molar-refractivity contribution is -0.469. The highest BCUT2D eigenvalue weighted by atomic mass is 32.1. The van der Waals surface area contributed by atoms with Crippen molar-refractivity contribution in [1.29, 1.82) is 0 Å². The third-order valence-electron chi connectivity index (χ3n) is 2.91. The highest BCUT2D eigenvalue weighted by Gasteiger charge is 2.07. The van der Waals surface area contributed by atoms with Gasteiger partial charge in [0.1, 0.15) is 0 Å². The van der Waals surface area contributed by atoms with Crippen LogP contribution in [0.5, 0.6) is 0 Å². The van der Waals surface area contributed by atoms with Crippen LogP contribution in [0.4, 0.5) is 0 Å². The summed E-state index contributed by atoms with van der Waals surface area (Å²) < 4.78 is 5.16. The highest BCUT2D eigenvalue weighted by Crippen LogP contribution is 2.16. The van der Waals surface area contributed by atoms with Gasteiger partial charge in [-0.3, -0.25) is 0 Å². The predicted octanol–water partition coefficient (Wildman–Crippen LogP) is 3.33. The molecule has 104 valence electrons. The van der Waals surface area contributed by atoms with Gasteiger partial charge in [0.2, 0.25) is 11.2 Å². The van der Waals surface area contributed by atoms with Crippen LogP contribution in [-0.2, 0) is 6.54 Å². The number of benzene rings is 2. The van der Waals surface area contributed by atoms with Gasteiger partial charge in [-0.1, -0.05) is 60.7 Å². The molecule has 0 aliphatic carbocycles. The average Bonchev–Trinajstić information content (AvgIpc) is 2.97. The number of hydrogen-bond acceptors (Lipinski definition) is 4. The van der Waals surface area contributed by atoms with Crippen molar-refractivity contribution in [3.63, 3.8) is 0 Å². The molecule has 0 unspecified atom stereocenters. The molecule has 0 N–H and O–H groups in total. The van der Waals surface area contributed by atoms with E-state index in [0.717, 1.165) is 15.9 Å². The molecule has 21 heavy (non-hydrogen) atoms. The number of nitrogens with zero attached hydrogens (tertiary/aromatic N) is 3. The summed E-state index contributed by atoms with van der Waals surface area (Å²) in [6, 6.07) is 19.3. The molecule has 5 heteroatoms. The van der Waals surface area contributed by atoms with Crippen LogP contribution >= 0.6 is 11.5 Å². The molecular formula is C16H13N3OS. The van der Waals surface area contributed by atoms with E-state index < -0.39 is 0 Å². The van der Waals surface area contributed by atoms with Gasteiger partial charge in [0.15, 0.2) is 12.4 Å². The molecule has 1 aromatic heterocycles. The molecule has 2 aromatic carbocycles. The molecule has 0 fully saturated rings. The van der Waals surface area contributed by atoms with E-state index in [1.54, 1.807) is 0 Å². The minimum atomic E-state index is 0.307. The summed E-state index contributed by atoms with van der Waals surface area (Å²) in [7, 11) is 0. The number of rotatable bonds is 4. The van der Waals surface area contributed by atoms with Gasteiger partial charge in [-0.15, -0.1) is 0 Å². The van der Waals surface area contributed by atoms with Gasteiger partial charge in [0.25, 0.3) is 0 Å². The second-order valence-corrected chi connectivity index (χ2v) is 5.30. The smallest absolute Gasteiger partial charge is 0.212 e. The van der Waals surface area contributed by atoms with Gasteiger partial charge in [0, 0.05) is 11.1 Å². The number of aromatic nitrogens is 2. The van der Waals surface area contributed by atoms with Crippen LogP contribution < -0.4 is 0 Å². The van der Waals surface area contributed by atoms with E-state index in [9.17, 15) is 5.21 Å². The SMILES string of the molecule is [O-]/[N+](=C\c1nc(-c2ccccc2)ns1)Cc1ccccc1. The van der Waals surface area contributed by atoms with Crippen LogP contribution in [0.1, 0.15) is 10.6 Å².